The van der Waals surface area contributed by atoms with Crippen LogP contribution in [0, 0.1) is 0 Å². The van der Waals surface area contributed by atoms with Crippen LogP contribution in [0.3, 0.4) is 0 Å². The third-order valence-corrected chi connectivity index (χ3v) is 3.93. The van der Waals surface area contributed by atoms with Gasteiger partial charge in [0.25, 0.3) is 0 Å². The summed E-state index contributed by atoms with van der Waals surface area (Å²) >= 11 is 3.47. The highest BCUT2D eigenvalue weighted by Gasteiger charge is 2.20. The van der Waals surface area contributed by atoms with Crippen molar-refractivity contribution in [2.24, 2.45) is 0 Å². The van der Waals surface area contributed by atoms with Crippen molar-refractivity contribution in [1.82, 2.24) is 0 Å². The van der Waals surface area contributed by atoms with Crippen LogP contribution in [0.15, 0.2) is 17.5 Å². The molecule has 0 aliphatic carbocycles. The van der Waals surface area contributed by atoms with Gasteiger partial charge in [-0.1, -0.05) is 0 Å². The maximum absolute atomic E-state index is 5.18. The van der Waals surface area contributed by atoms with E-state index in [0.29, 0.717) is 0 Å². The van der Waals surface area contributed by atoms with E-state index in [4.69, 9.17) is 9.31 Å². The summed E-state index contributed by atoms with van der Waals surface area (Å²) in [5.74, 6) is 0. The van der Waals surface area contributed by atoms with Gasteiger partial charge < -0.3 is 9.31 Å². The zero-order valence-corrected chi connectivity index (χ0v) is 9.08. The lowest BCUT2D eigenvalue weighted by molar-refractivity contribution is 0.292. The first-order valence-corrected chi connectivity index (χ1v) is 5.57. The Morgan fingerprint density at radius 2 is 2.00 bits per heavy atom. The molecule has 0 fully saturated rings. The molecular formula is C8H9BO2S2. The molecule has 0 N–H and O–H groups in total. The largest absolute Gasteiger partial charge is 0.504 e. The van der Waals surface area contributed by atoms with Gasteiger partial charge in [-0.15, -0.1) is 22.7 Å². The van der Waals surface area contributed by atoms with Crippen LogP contribution in [0.5, 0.6) is 0 Å². The SMILES string of the molecule is COB(OC)c1cc2sccc2s1. The Kier molecular flexibility index (Phi) is 2.69. The van der Waals surface area contributed by atoms with Crippen LogP contribution < -0.4 is 4.78 Å². The average Bonchev–Trinajstić information content (AvgIpc) is 2.65. The van der Waals surface area contributed by atoms with Gasteiger partial charge in [-0.3, -0.25) is 0 Å². The molecule has 0 spiro atoms. The molecule has 13 heavy (non-hydrogen) atoms. The molecule has 0 aliphatic rings. The van der Waals surface area contributed by atoms with Crippen molar-refractivity contribution >= 4 is 44.0 Å². The van der Waals surface area contributed by atoms with Crippen LogP contribution in [-0.2, 0) is 9.31 Å². The van der Waals surface area contributed by atoms with Gasteiger partial charge >= 0.3 is 7.12 Å². The summed E-state index contributed by atoms with van der Waals surface area (Å²) in [6.07, 6.45) is 0. The Morgan fingerprint density at radius 3 is 2.62 bits per heavy atom. The molecular weight excluding hydrogens is 203 g/mol. The minimum Gasteiger partial charge on any atom is -0.410 e. The zero-order chi connectivity index (χ0) is 9.26. The first-order valence-electron chi connectivity index (χ1n) is 3.87. The van der Waals surface area contributed by atoms with E-state index in [9.17, 15) is 0 Å². The molecule has 0 radical (unpaired) electrons. The van der Waals surface area contributed by atoms with E-state index in [1.807, 2.05) is 0 Å². The lowest BCUT2D eigenvalue weighted by Crippen LogP contribution is -2.32. The Bertz CT molecular complexity index is 363. The van der Waals surface area contributed by atoms with Crippen molar-refractivity contribution in [3.63, 3.8) is 0 Å². The molecule has 0 atom stereocenters. The first kappa shape index (κ1) is 9.21. The third kappa shape index (κ3) is 1.65. The maximum Gasteiger partial charge on any atom is 0.504 e. The highest BCUT2D eigenvalue weighted by molar-refractivity contribution is 7.32. The molecule has 2 aromatic rings. The van der Waals surface area contributed by atoms with E-state index in [0.717, 1.165) is 4.78 Å². The van der Waals surface area contributed by atoms with Gasteiger partial charge in [0, 0.05) is 28.4 Å². The summed E-state index contributed by atoms with van der Waals surface area (Å²) in [4.78, 5) is 0. The normalized spacial score (nSPS) is 10.9. The highest BCUT2D eigenvalue weighted by Crippen LogP contribution is 2.24. The number of rotatable bonds is 3. The van der Waals surface area contributed by atoms with Crippen LogP contribution in [0.2, 0.25) is 0 Å². The molecule has 68 valence electrons. The van der Waals surface area contributed by atoms with Gasteiger partial charge in [-0.05, 0) is 17.5 Å². The fourth-order valence-corrected chi connectivity index (χ4v) is 3.40. The number of hydrogen-bond acceptors (Lipinski definition) is 4. The molecule has 2 heterocycles. The predicted octanol–water partition coefficient (Wildman–Crippen LogP) is 1.95. The average molecular weight is 212 g/mol. The summed E-state index contributed by atoms with van der Waals surface area (Å²) in [6.45, 7) is 0. The molecule has 0 aromatic carbocycles. The van der Waals surface area contributed by atoms with Crippen molar-refractivity contribution < 1.29 is 9.31 Å². The molecule has 0 saturated carbocycles. The predicted molar refractivity (Wildman–Crippen MR) is 59.1 cm³/mol. The van der Waals surface area contributed by atoms with Gasteiger partial charge in [-0.2, -0.15) is 0 Å². The van der Waals surface area contributed by atoms with Crippen LogP contribution >= 0.6 is 22.7 Å². The van der Waals surface area contributed by atoms with Gasteiger partial charge in [0.15, 0.2) is 0 Å². The smallest absolute Gasteiger partial charge is 0.410 e. The van der Waals surface area contributed by atoms with E-state index >= 15 is 0 Å². The Hall–Kier alpha value is -0.355. The number of fused-ring (bicyclic) bond motifs is 1. The topological polar surface area (TPSA) is 18.5 Å². The minimum atomic E-state index is -0.218. The Morgan fingerprint density at radius 1 is 1.23 bits per heavy atom. The van der Waals surface area contributed by atoms with Crippen molar-refractivity contribution in [3.05, 3.63) is 17.5 Å². The molecule has 5 heteroatoms. The molecule has 2 aromatic heterocycles. The molecule has 0 aliphatic heterocycles. The molecule has 0 saturated heterocycles. The molecule has 2 rings (SSSR count). The maximum atomic E-state index is 5.18. The fraction of sp³-hybridized carbons (Fsp3) is 0.250. The van der Waals surface area contributed by atoms with Crippen molar-refractivity contribution in [1.29, 1.82) is 0 Å². The third-order valence-electron chi connectivity index (χ3n) is 1.82. The van der Waals surface area contributed by atoms with Gasteiger partial charge in [0.2, 0.25) is 0 Å². The summed E-state index contributed by atoms with van der Waals surface area (Å²) < 4.78 is 14.1. The van der Waals surface area contributed by atoms with E-state index in [2.05, 4.69) is 17.5 Å². The van der Waals surface area contributed by atoms with Gasteiger partial charge in [0.05, 0.1) is 0 Å². The monoisotopic (exact) mass is 212 g/mol. The molecule has 0 unspecified atom stereocenters. The molecule has 2 nitrogen and oxygen atoms in total. The van der Waals surface area contributed by atoms with Crippen molar-refractivity contribution in [2.45, 2.75) is 0 Å². The summed E-state index contributed by atoms with van der Waals surface area (Å²) in [7, 11) is 3.09. The molecule has 0 amide bonds. The van der Waals surface area contributed by atoms with Crippen LogP contribution in [0.1, 0.15) is 0 Å². The summed E-state index contributed by atoms with van der Waals surface area (Å²) in [6, 6.07) is 4.25. The standard InChI is InChI=1S/C8H9BO2S2/c1-10-9(11-2)8-5-7-6(13-8)3-4-12-7/h3-5H,1-2H3. The van der Waals surface area contributed by atoms with Crippen molar-refractivity contribution in [3.8, 4) is 0 Å². The van der Waals surface area contributed by atoms with E-state index in [1.165, 1.54) is 9.40 Å². The van der Waals surface area contributed by atoms with E-state index in [1.54, 1.807) is 36.9 Å². The zero-order valence-electron chi connectivity index (χ0n) is 7.44. The van der Waals surface area contributed by atoms with Crippen LogP contribution in [-0.4, -0.2) is 21.3 Å². The highest BCUT2D eigenvalue weighted by atomic mass is 32.1. The van der Waals surface area contributed by atoms with Crippen molar-refractivity contribution in [2.75, 3.05) is 14.2 Å². The Balaban J connectivity index is 2.37. The fourth-order valence-electron chi connectivity index (χ4n) is 1.23. The lowest BCUT2D eigenvalue weighted by atomic mass is 9.88. The lowest BCUT2D eigenvalue weighted by Gasteiger charge is -2.04. The number of hydrogen-bond donors (Lipinski definition) is 0. The summed E-state index contributed by atoms with van der Waals surface area (Å²) in [5.41, 5.74) is 0. The van der Waals surface area contributed by atoms with Crippen LogP contribution in [0.25, 0.3) is 9.40 Å². The summed E-state index contributed by atoms with van der Waals surface area (Å²) in [5, 5.41) is 2.10. The first-order chi connectivity index (χ1) is 6.35. The number of thiophene rings is 2. The van der Waals surface area contributed by atoms with Gasteiger partial charge in [0.1, 0.15) is 0 Å². The van der Waals surface area contributed by atoms with Crippen LogP contribution in [0.4, 0.5) is 0 Å². The second-order valence-electron chi connectivity index (χ2n) is 2.60. The minimum absolute atomic E-state index is 0.218. The van der Waals surface area contributed by atoms with E-state index in [-0.39, 0.29) is 7.12 Å². The second kappa shape index (κ2) is 3.80. The quantitative estimate of drug-likeness (QED) is 0.724. The second-order valence-corrected chi connectivity index (χ2v) is 4.66. The molecule has 0 bridgehead atoms. The van der Waals surface area contributed by atoms with E-state index < -0.39 is 0 Å². The Labute approximate surface area is 85.2 Å². The van der Waals surface area contributed by atoms with Gasteiger partial charge in [-0.25, -0.2) is 0 Å².